The van der Waals surface area contributed by atoms with Crippen molar-refractivity contribution in [3.05, 3.63) is 29.0 Å². The van der Waals surface area contributed by atoms with E-state index in [0.29, 0.717) is 0 Å². The minimum absolute atomic E-state index is 0.227. The Balaban J connectivity index is 2.60. The topological polar surface area (TPSA) is 65.5 Å². The van der Waals surface area contributed by atoms with Gasteiger partial charge in [0, 0.05) is 6.20 Å². The van der Waals surface area contributed by atoms with Crippen LogP contribution in [0.15, 0.2) is 18.3 Å². The predicted molar refractivity (Wildman–Crippen MR) is 60.8 cm³/mol. The molecule has 1 heterocycles. The van der Waals surface area contributed by atoms with Gasteiger partial charge in [0.25, 0.3) is 0 Å². The van der Waals surface area contributed by atoms with Crippen LogP contribution in [0.25, 0.3) is 0 Å². The van der Waals surface area contributed by atoms with Crippen molar-refractivity contribution >= 4 is 23.5 Å². The minimum atomic E-state index is -0.946. The normalized spacial score (nSPS) is 11.7. The second-order valence-electron chi connectivity index (χ2n) is 3.17. The Morgan fingerprint density at radius 3 is 2.71 bits per heavy atom. The molecule has 0 aliphatic rings. The van der Waals surface area contributed by atoms with Crippen molar-refractivity contribution in [1.29, 1.82) is 0 Å². The van der Waals surface area contributed by atoms with Crippen molar-refractivity contribution in [3.8, 4) is 0 Å². The van der Waals surface area contributed by atoms with Gasteiger partial charge in [0.05, 0.1) is 12.2 Å². The van der Waals surface area contributed by atoms with E-state index in [9.17, 15) is 9.59 Å². The Kier molecular flexibility index (Phi) is 4.90. The molecule has 1 unspecified atom stereocenters. The third-order valence-electron chi connectivity index (χ3n) is 1.87. The fraction of sp³-hybridized carbons (Fsp3) is 0.364. The molecule has 0 saturated heterocycles. The number of nitrogens with zero attached hydrogens (tertiary/aromatic N) is 1. The number of carbonyl (C=O) groups excluding carboxylic acids is 2. The highest BCUT2D eigenvalue weighted by molar-refractivity contribution is 6.29. The molecule has 0 N–H and O–H groups in total. The molecule has 0 fully saturated rings. The first-order valence-electron chi connectivity index (χ1n) is 5.03. The third-order valence-corrected chi connectivity index (χ3v) is 2.09. The quantitative estimate of drug-likeness (QED) is 0.608. The largest absolute Gasteiger partial charge is 0.463 e. The monoisotopic (exact) mass is 257 g/mol. The molecule has 1 atom stereocenters. The first kappa shape index (κ1) is 13.4. The van der Waals surface area contributed by atoms with E-state index in [4.69, 9.17) is 21.1 Å². The van der Waals surface area contributed by atoms with Crippen molar-refractivity contribution in [1.82, 2.24) is 4.98 Å². The number of hydrogen-bond acceptors (Lipinski definition) is 5. The average Bonchev–Trinajstić information content (AvgIpc) is 2.30. The van der Waals surface area contributed by atoms with Crippen LogP contribution in [0.2, 0.25) is 5.15 Å². The number of rotatable bonds is 4. The minimum Gasteiger partial charge on any atom is -0.463 e. The van der Waals surface area contributed by atoms with E-state index in [1.54, 1.807) is 6.92 Å². The lowest BCUT2D eigenvalue weighted by atomic mass is 10.3. The van der Waals surface area contributed by atoms with Crippen LogP contribution in [0.1, 0.15) is 24.2 Å². The molecule has 0 bridgehead atoms. The molecule has 5 nitrogen and oxygen atoms in total. The highest BCUT2D eigenvalue weighted by Crippen LogP contribution is 2.08. The van der Waals surface area contributed by atoms with E-state index in [1.165, 1.54) is 25.3 Å². The number of ether oxygens (including phenoxy) is 2. The number of esters is 2. The second kappa shape index (κ2) is 6.20. The van der Waals surface area contributed by atoms with Crippen LogP contribution in [-0.2, 0) is 14.3 Å². The summed E-state index contributed by atoms with van der Waals surface area (Å²) in [6.45, 7) is 3.36. The summed E-state index contributed by atoms with van der Waals surface area (Å²) in [6, 6.07) is 2.93. The maximum Gasteiger partial charge on any atom is 0.347 e. The summed E-state index contributed by atoms with van der Waals surface area (Å²) in [5.74, 6) is -1.22. The fourth-order valence-corrected chi connectivity index (χ4v) is 1.14. The molecule has 0 aliphatic heterocycles. The average molecular weight is 258 g/mol. The first-order chi connectivity index (χ1) is 8.04. The Labute approximate surface area is 104 Å². The summed E-state index contributed by atoms with van der Waals surface area (Å²) >= 11 is 5.58. The summed E-state index contributed by atoms with van der Waals surface area (Å²) in [5.41, 5.74) is 0.227. The van der Waals surface area contributed by atoms with Gasteiger partial charge in [-0.15, -0.1) is 0 Å². The summed E-state index contributed by atoms with van der Waals surface area (Å²) in [5, 5.41) is 0.278. The van der Waals surface area contributed by atoms with Crippen molar-refractivity contribution in [2.45, 2.75) is 20.0 Å². The van der Waals surface area contributed by atoms with Crippen LogP contribution in [-0.4, -0.2) is 29.6 Å². The van der Waals surface area contributed by atoms with Crippen LogP contribution < -0.4 is 0 Å². The van der Waals surface area contributed by atoms with E-state index < -0.39 is 18.0 Å². The Bertz CT molecular complexity index is 404. The van der Waals surface area contributed by atoms with Crippen molar-refractivity contribution in [2.24, 2.45) is 0 Å². The van der Waals surface area contributed by atoms with E-state index in [0.717, 1.165) is 0 Å². The SMILES string of the molecule is CCOC(=O)C(C)OC(=O)c1ccc(Cl)nc1. The standard InChI is InChI=1S/C11H12ClNO4/c1-3-16-10(14)7(2)17-11(15)8-4-5-9(12)13-6-8/h4-7H,3H2,1-2H3. The van der Waals surface area contributed by atoms with Crippen LogP contribution in [0, 0.1) is 0 Å². The van der Waals surface area contributed by atoms with Gasteiger partial charge >= 0.3 is 11.9 Å². The molecule has 0 spiro atoms. The van der Waals surface area contributed by atoms with Crippen LogP contribution in [0.4, 0.5) is 0 Å². The van der Waals surface area contributed by atoms with Gasteiger partial charge in [0.1, 0.15) is 5.15 Å². The van der Waals surface area contributed by atoms with E-state index in [1.807, 2.05) is 0 Å². The summed E-state index contributed by atoms with van der Waals surface area (Å²) < 4.78 is 9.60. The smallest absolute Gasteiger partial charge is 0.347 e. The number of carbonyl (C=O) groups is 2. The van der Waals surface area contributed by atoms with E-state index >= 15 is 0 Å². The maximum absolute atomic E-state index is 11.6. The van der Waals surface area contributed by atoms with Crippen molar-refractivity contribution in [2.75, 3.05) is 6.61 Å². The van der Waals surface area contributed by atoms with Gasteiger partial charge in [-0.2, -0.15) is 0 Å². The molecule has 1 aromatic heterocycles. The number of pyridine rings is 1. The lowest BCUT2D eigenvalue weighted by Crippen LogP contribution is -2.26. The molecule has 6 heteroatoms. The Morgan fingerprint density at radius 1 is 1.47 bits per heavy atom. The summed E-state index contributed by atoms with van der Waals surface area (Å²) in [7, 11) is 0. The Morgan fingerprint density at radius 2 is 2.18 bits per heavy atom. The zero-order valence-electron chi connectivity index (χ0n) is 9.47. The predicted octanol–water partition coefficient (Wildman–Crippen LogP) is 1.84. The van der Waals surface area contributed by atoms with Gasteiger partial charge in [-0.25, -0.2) is 14.6 Å². The van der Waals surface area contributed by atoms with Gasteiger partial charge < -0.3 is 9.47 Å². The molecular weight excluding hydrogens is 246 g/mol. The molecule has 1 rings (SSSR count). The van der Waals surface area contributed by atoms with Crippen LogP contribution >= 0.6 is 11.6 Å². The number of aromatic nitrogens is 1. The number of hydrogen-bond donors (Lipinski definition) is 0. The maximum atomic E-state index is 11.6. The zero-order chi connectivity index (χ0) is 12.8. The van der Waals surface area contributed by atoms with E-state index in [2.05, 4.69) is 4.98 Å². The van der Waals surface area contributed by atoms with Gasteiger partial charge in [0.2, 0.25) is 0 Å². The highest BCUT2D eigenvalue weighted by Gasteiger charge is 2.19. The molecule has 0 aromatic carbocycles. The van der Waals surface area contributed by atoms with Crippen molar-refractivity contribution < 1.29 is 19.1 Å². The molecule has 0 saturated carbocycles. The van der Waals surface area contributed by atoms with Gasteiger partial charge in [-0.3, -0.25) is 0 Å². The lowest BCUT2D eigenvalue weighted by Gasteiger charge is -2.11. The fourth-order valence-electron chi connectivity index (χ4n) is 1.03. The second-order valence-corrected chi connectivity index (χ2v) is 3.56. The lowest BCUT2D eigenvalue weighted by molar-refractivity contribution is -0.152. The van der Waals surface area contributed by atoms with Crippen LogP contribution in [0.5, 0.6) is 0 Å². The molecule has 92 valence electrons. The molecule has 1 aromatic rings. The van der Waals surface area contributed by atoms with Gasteiger partial charge in [-0.05, 0) is 26.0 Å². The van der Waals surface area contributed by atoms with Crippen LogP contribution in [0.3, 0.4) is 0 Å². The van der Waals surface area contributed by atoms with Gasteiger partial charge in [0.15, 0.2) is 6.10 Å². The number of halogens is 1. The molecule has 0 radical (unpaired) electrons. The molecule has 0 amide bonds. The molecule has 0 aliphatic carbocycles. The van der Waals surface area contributed by atoms with Gasteiger partial charge in [-0.1, -0.05) is 11.6 Å². The summed E-state index contributed by atoms with van der Waals surface area (Å²) in [6.07, 6.45) is 0.334. The molecular formula is C11H12ClNO4. The first-order valence-corrected chi connectivity index (χ1v) is 5.41. The Hall–Kier alpha value is -1.62. The third kappa shape index (κ3) is 4.03. The summed E-state index contributed by atoms with van der Waals surface area (Å²) in [4.78, 5) is 26.5. The van der Waals surface area contributed by atoms with Crippen molar-refractivity contribution in [3.63, 3.8) is 0 Å². The zero-order valence-corrected chi connectivity index (χ0v) is 10.2. The van der Waals surface area contributed by atoms with E-state index in [-0.39, 0.29) is 17.3 Å². The molecule has 17 heavy (non-hydrogen) atoms. The highest BCUT2D eigenvalue weighted by atomic mass is 35.5.